The first kappa shape index (κ1) is 9.64. The van der Waals surface area contributed by atoms with Crippen molar-refractivity contribution in [1.82, 2.24) is 0 Å². The van der Waals surface area contributed by atoms with Gasteiger partial charge in [-0.1, -0.05) is 11.6 Å². The van der Waals surface area contributed by atoms with E-state index in [2.05, 4.69) is 4.99 Å². The van der Waals surface area contributed by atoms with Crippen LogP contribution in [0.25, 0.3) is 0 Å². The van der Waals surface area contributed by atoms with E-state index in [4.69, 9.17) is 11.6 Å². The summed E-state index contributed by atoms with van der Waals surface area (Å²) in [6.07, 6.45) is 1.26. The first-order chi connectivity index (χ1) is 5.65. The molecule has 0 fully saturated rings. The summed E-state index contributed by atoms with van der Waals surface area (Å²) in [7, 11) is 0. The molecule has 1 aromatic rings. The van der Waals surface area contributed by atoms with Crippen molar-refractivity contribution in [2.24, 2.45) is 4.99 Å². The number of rotatable bonds is 1. The van der Waals surface area contributed by atoms with E-state index in [9.17, 15) is 9.18 Å². The number of benzene rings is 1. The zero-order chi connectivity index (χ0) is 9.14. The summed E-state index contributed by atoms with van der Waals surface area (Å²) in [5.74, 6) is -0.622. The van der Waals surface area contributed by atoms with Crippen LogP contribution in [0.5, 0.6) is 0 Å². The normalized spacial score (nSPS) is 9.25. The van der Waals surface area contributed by atoms with Gasteiger partial charge in [0.25, 0.3) is 0 Å². The molecule has 0 spiro atoms. The molecule has 0 atom stereocenters. The Kier molecular flexibility index (Phi) is 3.20. The number of isocyanates is 1. The van der Waals surface area contributed by atoms with Gasteiger partial charge in [0.1, 0.15) is 5.69 Å². The maximum atomic E-state index is 12.9. The first-order valence-corrected chi connectivity index (χ1v) is 4.33. The van der Waals surface area contributed by atoms with Crippen molar-refractivity contribution >= 4 is 46.0 Å². The topological polar surface area (TPSA) is 29.4 Å². The highest BCUT2D eigenvalue weighted by atomic mass is 127. The van der Waals surface area contributed by atoms with Crippen LogP contribution in [-0.4, -0.2) is 6.08 Å². The Balaban J connectivity index is 3.32. The molecule has 0 radical (unpaired) electrons. The molecule has 0 heterocycles. The van der Waals surface area contributed by atoms with Gasteiger partial charge in [-0.2, -0.15) is 4.99 Å². The SMILES string of the molecule is O=C=Nc1cc(I)c(Cl)cc1F. The van der Waals surface area contributed by atoms with Gasteiger partial charge in [-0.15, -0.1) is 0 Å². The Bertz CT molecular complexity index is 363. The van der Waals surface area contributed by atoms with Crippen molar-refractivity contribution < 1.29 is 9.18 Å². The van der Waals surface area contributed by atoms with Gasteiger partial charge in [-0.05, 0) is 34.7 Å². The summed E-state index contributed by atoms with van der Waals surface area (Å²) in [5, 5.41) is 0.304. The molecule has 1 aromatic carbocycles. The van der Waals surface area contributed by atoms with Crippen LogP contribution < -0.4 is 0 Å². The average Bonchev–Trinajstić information content (AvgIpc) is 2.01. The zero-order valence-corrected chi connectivity index (χ0v) is 8.56. The summed E-state index contributed by atoms with van der Waals surface area (Å²) in [6.45, 7) is 0. The van der Waals surface area contributed by atoms with E-state index in [1.165, 1.54) is 12.1 Å². The van der Waals surface area contributed by atoms with E-state index in [1.54, 1.807) is 0 Å². The second-order valence-electron chi connectivity index (χ2n) is 1.92. The van der Waals surface area contributed by atoms with E-state index in [0.717, 1.165) is 6.07 Å². The lowest BCUT2D eigenvalue weighted by atomic mass is 10.3. The fraction of sp³-hybridized carbons (Fsp3) is 0. The number of hydrogen-bond acceptors (Lipinski definition) is 2. The van der Waals surface area contributed by atoms with Crippen molar-refractivity contribution in [3.05, 3.63) is 26.5 Å². The molecule has 1 rings (SSSR count). The van der Waals surface area contributed by atoms with Crippen LogP contribution in [0.15, 0.2) is 17.1 Å². The zero-order valence-electron chi connectivity index (χ0n) is 5.64. The molecular formula is C7H2ClFINO. The molecule has 0 unspecified atom stereocenters. The molecule has 0 saturated heterocycles. The lowest BCUT2D eigenvalue weighted by molar-refractivity contribution is 0.564. The number of aliphatic imine (C=N–C) groups is 1. The predicted molar refractivity (Wildman–Crippen MR) is 51.9 cm³/mol. The third-order valence-electron chi connectivity index (χ3n) is 1.16. The molecule has 62 valence electrons. The van der Waals surface area contributed by atoms with Crippen LogP contribution in [0.4, 0.5) is 10.1 Å². The first-order valence-electron chi connectivity index (χ1n) is 2.87. The van der Waals surface area contributed by atoms with E-state index in [0.29, 0.717) is 8.59 Å². The maximum absolute atomic E-state index is 12.9. The largest absolute Gasteiger partial charge is 0.240 e. The third-order valence-corrected chi connectivity index (χ3v) is 2.68. The lowest BCUT2D eigenvalue weighted by Crippen LogP contribution is -1.79. The Morgan fingerprint density at radius 2 is 2.25 bits per heavy atom. The van der Waals surface area contributed by atoms with Crippen molar-refractivity contribution in [3.63, 3.8) is 0 Å². The predicted octanol–water partition coefficient (Wildman–Crippen LogP) is 3.05. The molecule has 0 aliphatic heterocycles. The van der Waals surface area contributed by atoms with Crippen LogP contribution >= 0.6 is 34.2 Å². The van der Waals surface area contributed by atoms with E-state index < -0.39 is 5.82 Å². The smallest absolute Gasteiger partial charge is 0.211 e. The van der Waals surface area contributed by atoms with Crippen LogP contribution in [0, 0.1) is 9.39 Å². The summed E-state index contributed by atoms with van der Waals surface area (Å²) in [4.78, 5) is 13.0. The van der Waals surface area contributed by atoms with Crippen LogP contribution in [0.1, 0.15) is 0 Å². The van der Waals surface area contributed by atoms with Gasteiger partial charge in [0.2, 0.25) is 6.08 Å². The minimum Gasteiger partial charge on any atom is -0.211 e. The monoisotopic (exact) mass is 297 g/mol. The molecule has 0 saturated carbocycles. The van der Waals surface area contributed by atoms with Gasteiger partial charge in [-0.25, -0.2) is 9.18 Å². The quantitative estimate of drug-likeness (QED) is 0.339. The molecule has 0 aliphatic carbocycles. The highest BCUT2D eigenvalue weighted by Gasteiger charge is 2.05. The lowest BCUT2D eigenvalue weighted by Gasteiger charge is -1.97. The summed E-state index contributed by atoms with van der Waals surface area (Å²) < 4.78 is 13.5. The van der Waals surface area contributed by atoms with Gasteiger partial charge in [0.15, 0.2) is 5.82 Å². The number of nitrogens with zero attached hydrogens (tertiary/aromatic N) is 1. The molecule has 0 aromatic heterocycles. The second-order valence-corrected chi connectivity index (χ2v) is 3.49. The van der Waals surface area contributed by atoms with E-state index in [-0.39, 0.29) is 5.69 Å². The van der Waals surface area contributed by atoms with Gasteiger partial charge < -0.3 is 0 Å². The van der Waals surface area contributed by atoms with Gasteiger partial charge >= 0.3 is 0 Å². The molecule has 0 bridgehead atoms. The van der Waals surface area contributed by atoms with E-state index >= 15 is 0 Å². The minimum absolute atomic E-state index is 0.0428. The van der Waals surface area contributed by atoms with Crippen molar-refractivity contribution in [2.75, 3.05) is 0 Å². The minimum atomic E-state index is -0.622. The number of carbonyl (C=O) groups excluding carboxylic acids is 1. The molecule has 5 heteroatoms. The summed E-state index contributed by atoms with van der Waals surface area (Å²) in [5.41, 5.74) is -0.0428. The van der Waals surface area contributed by atoms with Crippen molar-refractivity contribution in [3.8, 4) is 0 Å². The summed E-state index contributed by atoms with van der Waals surface area (Å²) in [6, 6.07) is 2.49. The Labute approximate surface area is 86.6 Å². The number of hydrogen-bond donors (Lipinski definition) is 0. The fourth-order valence-corrected chi connectivity index (χ4v) is 1.25. The van der Waals surface area contributed by atoms with Gasteiger partial charge in [0, 0.05) is 3.57 Å². The Morgan fingerprint density at radius 3 is 2.83 bits per heavy atom. The van der Waals surface area contributed by atoms with Crippen LogP contribution in [0.3, 0.4) is 0 Å². The highest BCUT2D eigenvalue weighted by molar-refractivity contribution is 14.1. The standard InChI is InChI=1S/C7H2ClFINO/c8-4-1-5(9)7(11-3-12)2-6(4)10/h1-2H. The van der Waals surface area contributed by atoms with Crippen LogP contribution in [0.2, 0.25) is 5.02 Å². The maximum Gasteiger partial charge on any atom is 0.240 e. The molecule has 12 heavy (non-hydrogen) atoms. The summed E-state index contributed by atoms with van der Waals surface area (Å²) >= 11 is 7.52. The highest BCUT2D eigenvalue weighted by Crippen LogP contribution is 2.26. The molecule has 0 N–H and O–H groups in total. The molecule has 2 nitrogen and oxygen atoms in total. The van der Waals surface area contributed by atoms with E-state index in [1.807, 2.05) is 22.6 Å². The average molecular weight is 297 g/mol. The van der Waals surface area contributed by atoms with Crippen molar-refractivity contribution in [2.45, 2.75) is 0 Å². The third kappa shape index (κ3) is 2.03. The number of halogens is 3. The molecular weight excluding hydrogens is 295 g/mol. The van der Waals surface area contributed by atoms with Gasteiger partial charge in [-0.3, -0.25) is 0 Å². The van der Waals surface area contributed by atoms with Crippen molar-refractivity contribution in [1.29, 1.82) is 0 Å². The molecule has 0 amide bonds. The Hall–Kier alpha value is -0.450. The fourth-order valence-electron chi connectivity index (χ4n) is 0.647. The second kappa shape index (κ2) is 3.98. The van der Waals surface area contributed by atoms with Crippen LogP contribution in [-0.2, 0) is 4.79 Å². The van der Waals surface area contributed by atoms with Gasteiger partial charge in [0.05, 0.1) is 5.02 Å². The molecule has 0 aliphatic rings. The Morgan fingerprint density at radius 1 is 1.58 bits per heavy atom.